The Morgan fingerprint density at radius 2 is 0.883 bits per heavy atom. The molecule has 0 bridgehead atoms. The number of aromatic nitrogens is 9. The molecule has 0 spiro atoms. The first kappa shape index (κ1) is 87.9. The summed E-state index contributed by atoms with van der Waals surface area (Å²) in [5, 5.41) is 7.59. The molecule has 2 N–H and O–H groups in total. The topological polar surface area (TPSA) is 273 Å². The molecule has 6 aliphatic heterocycles. The van der Waals surface area contributed by atoms with E-state index in [1.807, 2.05) is 106 Å². The number of piperazine rings is 2. The van der Waals surface area contributed by atoms with E-state index >= 15 is 0 Å². The summed E-state index contributed by atoms with van der Waals surface area (Å²) in [6.45, 7) is 20.7. The molecule has 0 aliphatic carbocycles. The molecule has 6 aromatic carbocycles. The predicted molar refractivity (Wildman–Crippen MR) is 503 cm³/mol. The number of benzene rings is 6. The average Bonchev–Trinajstić information content (AvgIpc) is 0.758. The van der Waals surface area contributed by atoms with Crippen molar-refractivity contribution < 1.29 is 38.1 Å². The molecular weight excluding hydrogens is 1660 g/mol. The van der Waals surface area contributed by atoms with E-state index in [0.717, 1.165) is 146 Å². The number of carbonyl (C=O) groups is 3. The summed E-state index contributed by atoms with van der Waals surface area (Å²) in [4.78, 5) is 106. The van der Waals surface area contributed by atoms with Crippen molar-refractivity contribution in [3.63, 3.8) is 0 Å². The van der Waals surface area contributed by atoms with Gasteiger partial charge in [0.15, 0.2) is 17.5 Å². The van der Waals surface area contributed by atoms with E-state index < -0.39 is 0 Å². The quantitative estimate of drug-likeness (QED) is 0.0717. The van der Waals surface area contributed by atoms with Gasteiger partial charge in [0.2, 0.25) is 11.9 Å². The molecule has 30 nitrogen and oxygen atoms in total. The second-order valence-corrected chi connectivity index (χ2v) is 33.3. The van der Waals surface area contributed by atoms with E-state index in [1.54, 1.807) is 136 Å². The molecule has 12 heterocycles. The lowest BCUT2D eigenvalue weighted by Crippen LogP contribution is -2.48. The van der Waals surface area contributed by atoms with Crippen LogP contribution in [0.3, 0.4) is 0 Å². The first-order valence-corrected chi connectivity index (χ1v) is 43.4. The number of fused-ring (bicyclic) bond motifs is 3. The van der Waals surface area contributed by atoms with E-state index in [-0.39, 0.29) is 37.2 Å². The van der Waals surface area contributed by atoms with Gasteiger partial charge < -0.3 is 58.8 Å². The van der Waals surface area contributed by atoms with E-state index in [0.29, 0.717) is 115 Å². The van der Waals surface area contributed by atoms with Crippen molar-refractivity contribution in [2.24, 2.45) is 0 Å². The van der Waals surface area contributed by atoms with Crippen LogP contribution in [-0.2, 0) is 19.5 Å². The second kappa shape index (κ2) is 38.8. The average molecular weight is 1760 g/mol. The van der Waals surface area contributed by atoms with Crippen molar-refractivity contribution in [1.82, 2.24) is 59.6 Å². The van der Waals surface area contributed by atoms with Crippen molar-refractivity contribution in [3.05, 3.63) is 255 Å². The Balaban J connectivity index is 0.000000141. The Hall–Kier alpha value is -13.5. The van der Waals surface area contributed by atoms with Crippen LogP contribution in [0.15, 0.2) is 189 Å². The Kier molecular flexibility index (Phi) is 26.6. The number of nitrogens with one attached hydrogen (secondary N) is 2. The maximum Gasteiger partial charge on any atom is 0.336 e. The molecule has 0 radical (unpaired) electrons. The van der Waals surface area contributed by atoms with E-state index in [2.05, 4.69) is 118 Å². The van der Waals surface area contributed by atoms with Gasteiger partial charge in [0.05, 0.1) is 106 Å². The third-order valence-electron chi connectivity index (χ3n) is 24.2. The van der Waals surface area contributed by atoms with E-state index in [9.17, 15) is 14.4 Å². The summed E-state index contributed by atoms with van der Waals surface area (Å²) in [6, 6.07) is 47.4. The van der Waals surface area contributed by atoms with Gasteiger partial charge in [-0.3, -0.25) is 14.7 Å². The number of halogens is 2. The maximum absolute atomic E-state index is 14.3. The number of piperidine rings is 1. The van der Waals surface area contributed by atoms with Gasteiger partial charge in [0.25, 0.3) is 0 Å². The SMILES string of the molecule is COc1ccc(N2C(=O)N(c3c(C)cccc3C)C(C)c3cnc(Nc4ccc(N5CCN(C)CC5)cc4)nc32)nc1.COc1ccc(N2C(=O)N(c3c(C)cccc3Cl)Cc3cnc(Cc4ccc(C5CCN(C)CC5)cc4OC)nc32)nc1.COc1ccc(N2C(=O)N(c3c(C)cccc3Cl)Cc3cnc(Nc4ccc(N5CCN(C)CC5)cc4OC)nc32)nc1. The molecule has 1 atom stereocenters. The van der Waals surface area contributed by atoms with Crippen molar-refractivity contribution in [3.8, 4) is 28.7 Å². The number of methoxy groups -OCH3 is 5. The van der Waals surface area contributed by atoms with Gasteiger partial charge in [-0.05, 0) is 206 Å². The Morgan fingerprint density at radius 1 is 0.422 bits per heavy atom. The van der Waals surface area contributed by atoms with E-state index in [1.165, 1.54) is 21.1 Å². The molecule has 6 aliphatic rings. The minimum absolute atomic E-state index is 0.230. The third kappa shape index (κ3) is 18.7. The van der Waals surface area contributed by atoms with Crippen molar-refractivity contribution >= 4 is 128 Å². The minimum Gasteiger partial charge on any atom is -0.496 e. The molecule has 12 aromatic rings. The smallest absolute Gasteiger partial charge is 0.336 e. The highest BCUT2D eigenvalue weighted by Crippen LogP contribution is 2.47. The highest BCUT2D eigenvalue weighted by atomic mass is 35.5. The molecule has 128 heavy (non-hydrogen) atoms. The van der Waals surface area contributed by atoms with Crippen LogP contribution in [0, 0.1) is 27.7 Å². The van der Waals surface area contributed by atoms with Crippen LogP contribution in [0.2, 0.25) is 10.0 Å². The molecular formula is C96H104Cl2N22O8. The van der Waals surface area contributed by atoms with Crippen LogP contribution in [0.4, 0.5) is 101 Å². The summed E-state index contributed by atoms with van der Waals surface area (Å²) < 4.78 is 27.5. The monoisotopic (exact) mass is 1760 g/mol. The summed E-state index contributed by atoms with van der Waals surface area (Å²) in [5.74, 6) is 7.77. The third-order valence-corrected chi connectivity index (χ3v) is 24.8. The lowest BCUT2D eigenvalue weighted by atomic mass is 9.88. The molecule has 3 saturated heterocycles. The van der Waals surface area contributed by atoms with Crippen molar-refractivity contribution in [2.75, 3.05) is 172 Å². The largest absolute Gasteiger partial charge is 0.496 e. The molecule has 0 saturated carbocycles. The number of rotatable bonds is 20. The maximum atomic E-state index is 14.3. The van der Waals surface area contributed by atoms with Crippen molar-refractivity contribution in [1.29, 1.82) is 0 Å². The number of hydrogen-bond acceptors (Lipinski definition) is 24. The molecule has 32 heteroatoms. The number of aryl methyl sites for hydroxylation is 4. The number of carbonyl (C=O) groups excluding carboxylic acids is 3. The standard InChI is InChI=1S/C33H35ClN6O3.C32H36N8O2.C31H33ClN8O3/c1-21-6-5-7-27(34)31(21)39-20-25-18-35-29(37-32(25)40(33(39)41)30-11-10-26(42-3)19-36-30)17-24-9-8-23(16-28(24)43-4)22-12-14-38(2)15-13-22;1-21-7-6-8-22(2)29(21)39-23(3)27-20-34-31(35-24-9-11-25(12-10-24)38-17-15-37(4)16-18-38)36-30(27)40(32(39)41)28-14-13-26(42-5)19-33-28;1-20-6-5-7-24(32)28(20)39-19-21-17-34-30(36-29(21)40(31(39)41)27-11-9-23(42-3)18-33-27)35-25-10-8-22(16-26(25)43-4)38-14-12-37(2)13-15-38/h5-11,16,18-19,22H,12-15,17,20H2,1-4H3;6-14,19-20,23H,15-18H2,1-5H3,(H,34,35,36);5-11,16-18H,12-15,19H2,1-4H3,(H,34,35,36). The van der Waals surface area contributed by atoms with Gasteiger partial charge in [-0.25, -0.2) is 64.0 Å². The fraction of sp³-hybridized carbons (Fsp3) is 0.312. The number of pyridine rings is 3. The highest BCUT2D eigenvalue weighted by molar-refractivity contribution is 6.35. The number of likely N-dealkylation sites (tertiary alicyclic amines) is 1. The van der Waals surface area contributed by atoms with Crippen LogP contribution in [-0.4, -0.2) is 200 Å². The predicted octanol–water partition coefficient (Wildman–Crippen LogP) is 18.0. The zero-order valence-electron chi connectivity index (χ0n) is 74.1. The number of para-hydroxylation sites is 3. The number of ether oxygens (including phenoxy) is 5. The molecule has 1 unspecified atom stereocenters. The molecule has 6 amide bonds. The van der Waals surface area contributed by atoms with Crippen LogP contribution in [0.25, 0.3) is 0 Å². The van der Waals surface area contributed by atoms with Crippen LogP contribution in [0.1, 0.15) is 87.6 Å². The Labute approximate surface area is 755 Å². The molecule has 6 aromatic heterocycles. The molecule has 3 fully saturated rings. The summed E-state index contributed by atoms with van der Waals surface area (Å²) >= 11 is 13.2. The number of amides is 6. The first-order valence-electron chi connectivity index (χ1n) is 42.6. The highest BCUT2D eigenvalue weighted by Gasteiger charge is 2.43. The first-order chi connectivity index (χ1) is 62.0. The van der Waals surface area contributed by atoms with Gasteiger partial charge in [0, 0.05) is 123 Å². The lowest BCUT2D eigenvalue weighted by Gasteiger charge is -2.41. The molecule has 18 rings (SSSR count). The second-order valence-electron chi connectivity index (χ2n) is 32.5. The van der Waals surface area contributed by atoms with Gasteiger partial charge in [-0.1, -0.05) is 77.8 Å². The van der Waals surface area contributed by atoms with Gasteiger partial charge in [0.1, 0.15) is 52.0 Å². The number of hydrogen-bond donors (Lipinski definition) is 2. The van der Waals surface area contributed by atoms with E-state index in [4.69, 9.17) is 66.8 Å². The lowest BCUT2D eigenvalue weighted by molar-refractivity contribution is 0.249. The minimum atomic E-state index is -0.333. The Bertz CT molecular complexity index is 5720. The van der Waals surface area contributed by atoms with Gasteiger partial charge in [-0.15, -0.1) is 0 Å². The number of anilines is 15. The number of likely N-dealkylation sites (N-methyl/N-ethyl adjacent to an activating group) is 2. The summed E-state index contributed by atoms with van der Waals surface area (Å²) in [5.41, 5.74) is 14.5. The van der Waals surface area contributed by atoms with Gasteiger partial charge >= 0.3 is 18.1 Å². The zero-order chi connectivity index (χ0) is 89.6. The fourth-order valence-corrected chi connectivity index (χ4v) is 17.6. The number of urea groups is 3. The summed E-state index contributed by atoms with van der Waals surface area (Å²) in [6.07, 6.45) is 12.8. The normalized spacial score (nSPS) is 16.2. The zero-order valence-corrected chi connectivity index (χ0v) is 75.6. The number of nitrogens with zero attached hydrogens (tertiary/aromatic N) is 20. The molecule has 660 valence electrons. The van der Waals surface area contributed by atoms with Crippen LogP contribution in [0.5, 0.6) is 28.7 Å². The van der Waals surface area contributed by atoms with Crippen LogP contribution >= 0.6 is 23.2 Å². The fourth-order valence-electron chi connectivity index (χ4n) is 16.9. The summed E-state index contributed by atoms with van der Waals surface area (Å²) in [7, 11) is 14.5. The van der Waals surface area contributed by atoms with Gasteiger partial charge in [-0.2, -0.15) is 9.97 Å². The van der Waals surface area contributed by atoms with Crippen molar-refractivity contribution in [2.45, 2.75) is 78.9 Å². The van der Waals surface area contributed by atoms with Crippen LogP contribution < -0.4 is 73.5 Å². The Morgan fingerprint density at radius 3 is 1.39 bits per heavy atom.